The summed E-state index contributed by atoms with van der Waals surface area (Å²) in [7, 11) is 0. The van der Waals surface area contributed by atoms with Gasteiger partial charge in [0.15, 0.2) is 18.2 Å². The Hall–Kier alpha value is -4.03. The fraction of sp³-hybridized carbons (Fsp3) is 0.370. The third-order valence-electron chi connectivity index (χ3n) is 6.56. The molecule has 1 saturated carbocycles. The number of benzene rings is 2. The number of nitrogens with one attached hydrogen (secondary N) is 3. The fourth-order valence-electron chi connectivity index (χ4n) is 4.36. The molecule has 0 unspecified atom stereocenters. The molecule has 1 saturated heterocycles. The van der Waals surface area contributed by atoms with Gasteiger partial charge in [0.1, 0.15) is 11.9 Å². The van der Waals surface area contributed by atoms with E-state index in [9.17, 15) is 18.4 Å². The molecule has 1 aliphatic heterocycles. The first-order valence-corrected chi connectivity index (χ1v) is 12.8. The molecule has 0 radical (unpaired) electrons. The summed E-state index contributed by atoms with van der Waals surface area (Å²) >= 11 is 0. The number of halogens is 2. The minimum Gasteiger partial charge on any atom is -0.466 e. The highest BCUT2D eigenvalue weighted by Crippen LogP contribution is 2.31. The van der Waals surface area contributed by atoms with Gasteiger partial charge in [-0.3, -0.25) is 14.9 Å². The van der Waals surface area contributed by atoms with Crippen LogP contribution in [0.5, 0.6) is 5.88 Å². The van der Waals surface area contributed by atoms with Gasteiger partial charge >= 0.3 is 6.03 Å². The first-order chi connectivity index (χ1) is 18.8. The second-order valence-corrected chi connectivity index (χ2v) is 9.54. The van der Waals surface area contributed by atoms with E-state index in [4.69, 9.17) is 9.57 Å². The average Bonchev–Trinajstić information content (AvgIpc) is 3.57. The number of carbonyl (C=O) groups is 2. The first kappa shape index (κ1) is 26.6. The maximum absolute atomic E-state index is 13.9. The standard InChI is InChI=1S/C27H30F2N6O4/c1-3-34-14-22(24(39-34)17-9-12-20(28)21(29)13-17)31-27(37)32-25-16(2)26(38-15-23(36)30-18-10-11-18)33-35(25)19-7-5-4-6-8-19/h4-9,12-13,18,22,24H,3,10-11,14-15H2,1-2H3,(H,30,36)(H2,31,32,37)/t22-,24+/m1/s1. The largest absolute Gasteiger partial charge is 0.466 e. The summed E-state index contributed by atoms with van der Waals surface area (Å²) in [4.78, 5) is 31.3. The van der Waals surface area contributed by atoms with E-state index in [1.54, 1.807) is 12.0 Å². The Morgan fingerprint density at radius 2 is 1.87 bits per heavy atom. The van der Waals surface area contributed by atoms with E-state index in [-0.39, 0.29) is 24.4 Å². The molecule has 3 N–H and O–H groups in total. The minimum absolute atomic E-state index is 0.197. The third kappa shape index (κ3) is 6.18. The molecule has 10 nitrogen and oxygen atoms in total. The smallest absolute Gasteiger partial charge is 0.320 e. The Kier molecular flexibility index (Phi) is 7.75. The van der Waals surface area contributed by atoms with Gasteiger partial charge in [0.05, 0.1) is 17.3 Å². The molecule has 0 spiro atoms. The average molecular weight is 541 g/mol. The van der Waals surface area contributed by atoms with Crippen molar-refractivity contribution in [2.45, 2.75) is 44.9 Å². The topological polar surface area (TPSA) is 110 Å². The lowest BCUT2D eigenvalue weighted by Gasteiger charge is -2.19. The molecule has 2 aliphatic rings. The molecule has 12 heteroatoms. The molecule has 0 bridgehead atoms. The molecule has 39 heavy (non-hydrogen) atoms. The summed E-state index contributed by atoms with van der Waals surface area (Å²) in [6.45, 7) is 4.30. The van der Waals surface area contributed by atoms with Crippen molar-refractivity contribution in [3.63, 3.8) is 0 Å². The van der Waals surface area contributed by atoms with Crippen LogP contribution in [0.4, 0.5) is 19.4 Å². The van der Waals surface area contributed by atoms with Crippen LogP contribution < -0.4 is 20.7 Å². The van der Waals surface area contributed by atoms with Crippen molar-refractivity contribution < 1.29 is 27.9 Å². The van der Waals surface area contributed by atoms with Crippen LogP contribution in [0.25, 0.3) is 5.69 Å². The molecule has 2 atom stereocenters. The maximum Gasteiger partial charge on any atom is 0.320 e. The van der Waals surface area contributed by atoms with Crippen LogP contribution in [-0.2, 0) is 9.63 Å². The Morgan fingerprint density at radius 3 is 2.56 bits per heavy atom. The number of para-hydroxylation sites is 1. The SMILES string of the molecule is CCN1C[C@@H](NC(=O)Nc2c(C)c(OCC(=O)NC3CC3)nn2-c2ccccc2)[C@H](c2ccc(F)c(F)c2)O1. The van der Waals surface area contributed by atoms with Crippen LogP contribution in [0.15, 0.2) is 48.5 Å². The number of hydrogen-bond donors (Lipinski definition) is 3. The molecule has 5 rings (SSSR count). The minimum atomic E-state index is -0.991. The van der Waals surface area contributed by atoms with E-state index in [1.807, 2.05) is 37.3 Å². The van der Waals surface area contributed by atoms with Gasteiger partial charge < -0.3 is 15.4 Å². The lowest BCUT2D eigenvalue weighted by molar-refractivity contribution is -0.144. The van der Waals surface area contributed by atoms with Crippen molar-refractivity contribution in [2.24, 2.45) is 0 Å². The summed E-state index contributed by atoms with van der Waals surface area (Å²) in [5, 5.41) is 14.7. The summed E-state index contributed by atoms with van der Waals surface area (Å²) in [5.74, 6) is -1.62. The Bertz CT molecular complexity index is 1350. The lowest BCUT2D eigenvalue weighted by Crippen LogP contribution is -2.42. The molecule has 3 amide bonds. The number of amides is 3. The monoisotopic (exact) mass is 540 g/mol. The molecule has 2 fully saturated rings. The van der Waals surface area contributed by atoms with Crippen molar-refractivity contribution in [1.82, 2.24) is 25.5 Å². The molecule has 1 aliphatic carbocycles. The van der Waals surface area contributed by atoms with E-state index >= 15 is 0 Å². The van der Waals surface area contributed by atoms with Gasteiger partial charge in [0.2, 0.25) is 5.88 Å². The van der Waals surface area contributed by atoms with Gasteiger partial charge in [-0.05, 0) is 49.6 Å². The maximum atomic E-state index is 13.9. The van der Waals surface area contributed by atoms with Crippen LogP contribution in [0.1, 0.15) is 37.0 Å². The second kappa shape index (κ2) is 11.4. The number of likely N-dealkylation sites (N-methyl/N-ethyl adjacent to an activating group) is 1. The first-order valence-electron chi connectivity index (χ1n) is 12.8. The van der Waals surface area contributed by atoms with Crippen LogP contribution in [-0.4, -0.2) is 58.6 Å². The molecule has 3 aromatic rings. The highest BCUT2D eigenvalue weighted by Gasteiger charge is 2.36. The van der Waals surface area contributed by atoms with Crippen molar-refractivity contribution in [3.8, 4) is 11.6 Å². The normalized spacial score (nSPS) is 19.1. The molecule has 1 aromatic heterocycles. The highest BCUT2D eigenvalue weighted by molar-refractivity contribution is 5.90. The Morgan fingerprint density at radius 1 is 1.10 bits per heavy atom. The third-order valence-corrected chi connectivity index (χ3v) is 6.56. The van der Waals surface area contributed by atoms with Gasteiger partial charge in [-0.1, -0.05) is 31.2 Å². The number of rotatable bonds is 9. The quantitative estimate of drug-likeness (QED) is 0.383. The van der Waals surface area contributed by atoms with E-state index in [2.05, 4.69) is 21.0 Å². The molecule has 2 heterocycles. The second-order valence-electron chi connectivity index (χ2n) is 9.54. The Labute approximate surface area is 224 Å². The van der Waals surface area contributed by atoms with Crippen LogP contribution in [0.3, 0.4) is 0 Å². The van der Waals surface area contributed by atoms with Crippen molar-refractivity contribution in [1.29, 1.82) is 0 Å². The highest BCUT2D eigenvalue weighted by atomic mass is 19.2. The van der Waals surface area contributed by atoms with Crippen LogP contribution in [0.2, 0.25) is 0 Å². The number of carbonyl (C=O) groups excluding carboxylic acids is 2. The number of aromatic nitrogens is 2. The zero-order valence-corrected chi connectivity index (χ0v) is 21.6. The van der Waals surface area contributed by atoms with E-state index in [0.29, 0.717) is 35.7 Å². The van der Waals surface area contributed by atoms with Gasteiger partial charge in [-0.2, -0.15) is 5.06 Å². The lowest BCUT2D eigenvalue weighted by atomic mass is 10.0. The molecular weight excluding hydrogens is 510 g/mol. The molecular formula is C27H30F2N6O4. The zero-order valence-electron chi connectivity index (χ0n) is 21.6. The number of hydroxylamine groups is 2. The van der Waals surface area contributed by atoms with Crippen LogP contribution in [0, 0.1) is 18.6 Å². The summed E-state index contributed by atoms with van der Waals surface area (Å²) in [6, 6.07) is 11.8. The Balaban J connectivity index is 1.34. The number of nitrogens with zero attached hydrogens (tertiary/aromatic N) is 3. The van der Waals surface area contributed by atoms with Crippen molar-refractivity contribution in [2.75, 3.05) is 25.0 Å². The summed E-state index contributed by atoms with van der Waals surface area (Å²) in [6.07, 6.45) is 1.22. The predicted molar refractivity (Wildman–Crippen MR) is 138 cm³/mol. The number of urea groups is 1. The summed E-state index contributed by atoms with van der Waals surface area (Å²) in [5.41, 5.74) is 1.61. The number of anilines is 1. The van der Waals surface area contributed by atoms with Gasteiger partial charge in [-0.25, -0.2) is 18.3 Å². The van der Waals surface area contributed by atoms with E-state index in [1.165, 1.54) is 10.7 Å². The van der Waals surface area contributed by atoms with E-state index in [0.717, 1.165) is 25.0 Å². The van der Waals surface area contributed by atoms with Gasteiger partial charge in [-0.15, -0.1) is 5.10 Å². The van der Waals surface area contributed by atoms with Crippen LogP contribution >= 0.6 is 0 Å². The van der Waals surface area contributed by atoms with Gasteiger partial charge in [0, 0.05) is 19.1 Å². The molecule has 206 valence electrons. The number of ether oxygens (including phenoxy) is 1. The van der Waals surface area contributed by atoms with E-state index < -0.39 is 29.8 Å². The number of hydrogen-bond acceptors (Lipinski definition) is 6. The molecule has 2 aromatic carbocycles. The zero-order chi connectivity index (χ0) is 27.5. The van der Waals surface area contributed by atoms with Crippen molar-refractivity contribution >= 4 is 17.8 Å². The fourth-order valence-corrected chi connectivity index (χ4v) is 4.36. The van der Waals surface area contributed by atoms with Crippen molar-refractivity contribution in [3.05, 3.63) is 71.3 Å². The van der Waals surface area contributed by atoms with Gasteiger partial charge in [0.25, 0.3) is 5.91 Å². The predicted octanol–water partition coefficient (Wildman–Crippen LogP) is 3.61. The summed E-state index contributed by atoms with van der Waals surface area (Å²) < 4.78 is 34.7.